The Balaban J connectivity index is 0.000000153. The first-order chi connectivity index (χ1) is 90.4. The van der Waals surface area contributed by atoms with E-state index in [1.807, 2.05) is 133 Å². The summed E-state index contributed by atoms with van der Waals surface area (Å²) in [5.74, 6) is 0. The van der Waals surface area contributed by atoms with Crippen molar-refractivity contribution in [2.24, 2.45) is 8.60 Å². The molecule has 0 bridgehead atoms. The van der Waals surface area contributed by atoms with Gasteiger partial charge in [0.25, 0.3) is 0 Å². The van der Waals surface area contributed by atoms with Crippen molar-refractivity contribution in [3.05, 3.63) is 517 Å². The SMILES string of the molecule is Cc1ccc(-c2ccc3ccccc3c2)cc1.OB(O)c1cccc2ccccc12.[2H]CF.[2H]CF.[2H]c1c([2H])c([2H])c2c(-c3cccc4ccccc34)c3c([2H])c([2H])c([2H])c([2H])c3c(B(O)O)c2c1[2H].[2H]c1c([2H])c([2H])c2c(-c3cccc4ccccc34)c3c([2H])c([2H])c([2H])c([2H])c3c(Br)c2c1[2H].[2H]c1c([2H])c([2H])c2c(-c3cccc4ccccc34)c3c([2H])c([2H])c([2H])c([2H])c3c([2H])c2c1[2H].[2H]c1c([2H])c([2H])c2c(Br)c3c([2H])c([2H])c([2H])c([2H])c3c([2H])c2c1[2H].[2H]c1c([2H])c([2H])c2c([2H])c3c([2H])c([2H])c([2H])c([2H])c3c([2H])c2c1[2H].[B]=NS.[B]=NS. The zero-order chi connectivity index (χ0) is 141. The van der Waals surface area contributed by atoms with Crippen LogP contribution < -0.4 is 10.9 Å². The Morgan fingerprint density at radius 1 is 0.255 bits per heavy atom. The molecule has 26 aromatic carbocycles. The van der Waals surface area contributed by atoms with Gasteiger partial charge in [0, 0.05) is 8.95 Å². The molecule has 0 fully saturated rings. The van der Waals surface area contributed by atoms with Gasteiger partial charge in [-0.25, -0.2) is 0 Å². The second-order valence-corrected chi connectivity index (χ2v) is 32.8. The first-order valence-electron chi connectivity index (χ1n) is 66.8. The summed E-state index contributed by atoms with van der Waals surface area (Å²) < 4.78 is 398. The van der Waals surface area contributed by atoms with Crippen LogP contribution in [0.15, 0.2) is 520 Å². The van der Waals surface area contributed by atoms with Gasteiger partial charge < -0.3 is 20.1 Å². The number of rotatable bonds is 6. The van der Waals surface area contributed by atoms with Gasteiger partial charge in [-0.2, -0.15) is 0 Å². The number of halogens is 4. The summed E-state index contributed by atoms with van der Waals surface area (Å²) in [6, 6.07) is 56.0. The van der Waals surface area contributed by atoms with E-state index in [4.69, 9.17) is 73.1 Å². The number of nitrogens with zero attached hydrogens (tertiary/aromatic N) is 2. The predicted molar refractivity (Wildman–Crippen MR) is 638 cm³/mol. The van der Waals surface area contributed by atoms with Gasteiger partial charge >= 0.3 is 63.7 Å². The van der Waals surface area contributed by atoms with Crippen molar-refractivity contribution in [3.63, 3.8) is 0 Å². The number of hydrogen-bond donors (Lipinski definition) is 6. The number of aryl methyl sites for hydroxylation is 1. The van der Waals surface area contributed by atoms with Crippen LogP contribution in [0.1, 0.15) is 68.6 Å². The molecular weight excluding hydrogens is 1950 g/mol. The summed E-state index contributed by atoms with van der Waals surface area (Å²) in [6.45, 7) is 2.12. The van der Waals surface area contributed by atoms with Gasteiger partial charge in [-0.15, -0.1) is 0 Å². The van der Waals surface area contributed by atoms with Crippen LogP contribution in [0.3, 0.4) is 0 Å². The average Bonchev–Trinajstić information content (AvgIpc) is 0.782. The topological polar surface area (TPSA) is 106 Å². The van der Waals surface area contributed by atoms with Crippen LogP contribution in [-0.2, 0) is 0 Å². The molecule has 4 N–H and O–H groups in total. The monoisotopic (exact) mass is 2090 g/mol. The fourth-order valence-electron chi connectivity index (χ4n) is 16.3. The summed E-state index contributed by atoms with van der Waals surface area (Å²) >= 11 is 13.0. The minimum absolute atomic E-state index is 0.0310. The number of alkyl halides is 2. The second kappa shape index (κ2) is 50.2. The van der Waals surface area contributed by atoms with Crippen molar-refractivity contribution >= 4 is 260 Å². The standard InChI is InChI=1S/C24H17BO2.C24H15Br.C24H16.C17H14.C14H9Br.C14H10.C10H9BO2.2CH3F.2BHNS/c26-25(27)24-21-13-5-3-11-19(21)23(20-12-4-6-14-22(20)24)18-15-7-9-16-8-1-2-10-17(16)18;25-24-21-13-5-3-11-19(21)23(20-12-4-6-14-22(20)24)18-15-7-9-16-8-1-2-10-17(16)18;1-4-12-20-17(8-1)11-7-15-23(20)24-21-13-5-2-9-18(21)16-19-10-3-6-14-22(19)24;1-13-6-8-15(9-7-13)17-11-10-14-4-2-3-5-16(14)12-17;15-14-12-7-3-1-5-10(12)9-11-6-2-4-8-13(11)14;1-2-6-12-10-14-8-4-3-7-13(14)9-11(12)5-1;12-11(13)10-7-3-5-8-4-1-2-6-9(8)10;2*1-2;2*1-2-3/h1-15,26-27H;1-15H;1-16H;2-12H,1H3;1-9H;1-10H;1-7,12-13H;2*1H3;2*3H/i2*3D,4D,5D,6D,11D,12D,13D,14D;2D,3D,5D,6D,9D,10D,13D,14D,16D;;1D,2D,3D,4D,5D,6D,7D,8D,9D;1D,2D,3D,4D,5D,6D,7D,8D,9D,10D;;2*1D;;. The molecule has 0 heterocycles. The van der Waals surface area contributed by atoms with Crippen molar-refractivity contribution in [2.45, 2.75) is 6.92 Å². The fraction of sp³-hybridized carbons (Fsp3) is 0.0233. The van der Waals surface area contributed by atoms with Crippen LogP contribution in [0.25, 0.3) is 206 Å². The molecule has 0 aliphatic carbocycles. The quantitative estimate of drug-likeness (QED) is 0.0567. The third kappa shape index (κ3) is 23.5. The van der Waals surface area contributed by atoms with Crippen LogP contribution in [0.2, 0.25) is 0 Å². The summed E-state index contributed by atoms with van der Waals surface area (Å²) in [4.78, 5) is 0. The molecule has 0 aliphatic rings. The Kier molecular flexibility index (Phi) is 20.5. The van der Waals surface area contributed by atoms with Crippen molar-refractivity contribution < 1.29 is 91.9 Å². The summed E-state index contributed by atoms with van der Waals surface area (Å²) in [5, 5.41) is 47.5. The molecule has 0 spiro atoms. The van der Waals surface area contributed by atoms with Crippen LogP contribution in [0.5, 0.6) is 0 Å². The molecule has 26 rings (SSSR count). The normalized spacial score (nSPS) is 15.0. The Morgan fingerprint density at radius 3 is 0.869 bits per heavy atom. The Morgan fingerprint density at radius 2 is 0.503 bits per heavy atom. The molecule has 0 aromatic heterocycles. The van der Waals surface area contributed by atoms with Gasteiger partial charge in [0.2, 0.25) is 0 Å². The van der Waals surface area contributed by atoms with Gasteiger partial charge in [0.15, 0.2) is 0 Å². The van der Waals surface area contributed by atoms with Crippen LogP contribution in [-0.4, -0.2) is 63.9 Å². The summed E-state index contributed by atoms with van der Waals surface area (Å²) in [5.41, 5.74) is 6.52. The van der Waals surface area contributed by atoms with E-state index in [2.05, 4.69) is 155 Å². The van der Waals surface area contributed by atoms with E-state index in [0.29, 0.717) is 33.1 Å². The van der Waals surface area contributed by atoms with E-state index >= 15 is 0 Å². The summed E-state index contributed by atoms with van der Waals surface area (Å²) in [6.07, 6.45) is 0. The molecule has 0 unspecified atom stereocenters. The second-order valence-electron chi connectivity index (χ2n) is 30.7. The molecule has 0 aliphatic heterocycles. The molecule has 700 valence electrons. The van der Waals surface area contributed by atoms with Crippen molar-refractivity contribution in [1.82, 2.24) is 0 Å². The first-order valence-corrected chi connectivity index (χ1v) is 45.7. The Hall–Kier alpha value is -15.2. The van der Waals surface area contributed by atoms with Crippen molar-refractivity contribution in [3.8, 4) is 44.5 Å². The van der Waals surface area contributed by atoms with Crippen molar-refractivity contribution in [2.75, 3.05) is 14.3 Å². The maximum absolute atomic E-state index is 10.4. The molecular formula is C129H98B4Br2F2N2O4S2. The van der Waals surface area contributed by atoms with Gasteiger partial charge in [-0.05, 0) is 286 Å². The first kappa shape index (κ1) is 59.2. The third-order valence-corrected chi connectivity index (χ3v) is 24.0. The van der Waals surface area contributed by atoms with E-state index in [1.165, 1.54) is 27.5 Å². The Bertz CT molecular complexity index is 11000. The minimum atomic E-state index is -2.26. The number of thiol groups is 2. The maximum atomic E-state index is 10.4. The van der Waals surface area contributed by atoms with E-state index in [9.17, 15) is 18.8 Å². The predicted octanol–water partition coefficient (Wildman–Crippen LogP) is 34.5. The zero-order valence-electron chi connectivity index (χ0n) is 122. The zero-order valence-corrected chi connectivity index (χ0v) is 80.8. The van der Waals surface area contributed by atoms with E-state index in [0.717, 1.165) is 37.7 Å². The molecule has 2 radical (unpaired) electrons. The molecule has 26 aromatic rings. The molecule has 145 heavy (non-hydrogen) atoms. The van der Waals surface area contributed by atoms with Crippen LogP contribution in [0, 0.1) is 6.92 Å². The van der Waals surface area contributed by atoms with Gasteiger partial charge in [-0.1, -0.05) is 478 Å². The van der Waals surface area contributed by atoms with Crippen LogP contribution in [0.4, 0.5) is 8.78 Å². The van der Waals surface area contributed by atoms with Gasteiger partial charge in [0.1, 0.15) is 0 Å². The van der Waals surface area contributed by atoms with E-state index < -0.39 is 239 Å². The number of hydrogen-bond acceptors (Lipinski definition) is 8. The molecule has 0 saturated carbocycles. The molecule has 0 atom stereocenters. The fourth-order valence-corrected chi connectivity index (χ4v) is 17.5. The van der Waals surface area contributed by atoms with Crippen molar-refractivity contribution in [1.29, 1.82) is 0 Å². The molecule has 16 heteroatoms. The number of fused-ring (bicyclic) bond motifs is 15. The van der Waals surface area contributed by atoms with Gasteiger partial charge in [-0.3, -0.25) is 8.78 Å². The average molecular weight is 2090 g/mol. The summed E-state index contributed by atoms with van der Waals surface area (Å²) in [7, 11) is 3.01. The van der Waals surface area contributed by atoms with E-state index in [1.54, 1.807) is 36.4 Å². The number of benzene rings is 26. The van der Waals surface area contributed by atoms with Crippen LogP contribution >= 0.6 is 57.5 Å². The Labute approximate surface area is 938 Å². The molecule has 0 amide bonds. The third-order valence-electron chi connectivity index (χ3n) is 22.5. The molecule has 6 nitrogen and oxygen atoms in total. The van der Waals surface area contributed by atoms with E-state index in [-0.39, 0.29) is 188 Å². The van der Waals surface area contributed by atoms with Gasteiger partial charge in [0.05, 0.1) is 77.4 Å². The molecule has 0 saturated heterocycles.